The first-order valence-corrected chi connectivity index (χ1v) is 3.27. The Hall–Kier alpha value is -2.20. The lowest BCUT2D eigenvalue weighted by atomic mass is 10.2. The van der Waals surface area contributed by atoms with Crippen LogP contribution in [0.1, 0.15) is 10.4 Å². The SMILES string of the molecule is [N-]=[N+]=NC(=O)c1cccc(O)c1O. The first-order valence-electron chi connectivity index (χ1n) is 3.27. The van der Waals surface area contributed by atoms with E-state index in [1.54, 1.807) is 0 Å². The number of nitrogens with zero attached hydrogens (tertiary/aromatic N) is 3. The summed E-state index contributed by atoms with van der Waals surface area (Å²) < 4.78 is 0. The van der Waals surface area contributed by atoms with Crippen LogP contribution in [0.3, 0.4) is 0 Å². The zero-order chi connectivity index (χ0) is 9.84. The van der Waals surface area contributed by atoms with E-state index >= 15 is 0 Å². The number of carbonyl (C=O) groups is 1. The summed E-state index contributed by atoms with van der Waals surface area (Å²) in [5, 5.41) is 20.9. The zero-order valence-electron chi connectivity index (χ0n) is 6.38. The molecule has 0 saturated carbocycles. The summed E-state index contributed by atoms with van der Waals surface area (Å²) in [6, 6.07) is 3.81. The minimum atomic E-state index is -0.934. The Morgan fingerprint density at radius 2 is 2.15 bits per heavy atom. The Labute approximate surface area is 72.7 Å². The topological polar surface area (TPSA) is 106 Å². The van der Waals surface area contributed by atoms with Gasteiger partial charge >= 0.3 is 0 Å². The van der Waals surface area contributed by atoms with Gasteiger partial charge in [0.2, 0.25) is 0 Å². The molecule has 0 fully saturated rings. The molecule has 6 nitrogen and oxygen atoms in total. The number of hydrogen-bond acceptors (Lipinski definition) is 3. The normalized spacial score (nSPS) is 8.92. The second kappa shape index (κ2) is 3.46. The molecule has 1 amide bonds. The van der Waals surface area contributed by atoms with Gasteiger partial charge in [0.15, 0.2) is 11.5 Å². The maximum Gasteiger partial charge on any atom is 0.253 e. The average molecular weight is 179 g/mol. The Kier molecular flexibility index (Phi) is 2.37. The second-order valence-corrected chi connectivity index (χ2v) is 2.17. The third-order valence-corrected chi connectivity index (χ3v) is 1.38. The summed E-state index contributed by atoms with van der Waals surface area (Å²) >= 11 is 0. The maximum absolute atomic E-state index is 10.9. The first-order chi connectivity index (χ1) is 6.16. The fraction of sp³-hybridized carbons (Fsp3) is 0. The van der Waals surface area contributed by atoms with Crippen molar-refractivity contribution in [1.82, 2.24) is 0 Å². The third-order valence-electron chi connectivity index (χ3n) is 1.38. The van der Waals surface area contributed by atoms with E-state index in [0.717, 1.165) is 0 Å². The molecule has 0 saturated heterocycles. The quantitative estimate of drug-likeness (QED) is 0.295. The summed E-state index contributed by atoms with van der Waals surface area (Å²) in [6.45, 7) is 0. The molecule has 0 aromatic heterocycles. The Morgan fingerprint density at radius 1 is 1.46 bits per heavy atom. The van der Waals surface area contributed by atoms with Crippen LogP contribution in [0.2, 0.25) is 0 Å². The van der Waals surface area contributed by atoms with Crippen molar-refractivity contribution in [3.63, 3.8) is 0 Å². The van der Waals surface area contributed by atoms with Gasteiger partial charge in [-0.25, -0.2) is 0 Å². The molecule has 1 aromatic rings. The smallest absolute Gasteiger partial charge is 0.253 e. The Balaban J connectivity index is 3.22. The van der Waals surface area contributed by atoms with Gasteiger partial charge in [0.1, 0.15) is 0 Å². The molecule has 0 aliphatic heterocycles. The number of phenolic OH excluding ortho intramolecular Hbond substituents is 2. The number of aromatic hydroxyl groups is 2. The third kappa shape index (κ3) is 1.69. The van der Waals surface area contributed by atoms with Crippen molar-refractivity contribution < 1.29 is 15.0 Å². The van der Waals surface area contributed by atoms with E-state index in [-0.39, 0.29) is 5.56 Å². The molecule has 0 unspecified atom stereocenters. The minimum Gasteiger partial charge on any atom is -0.504 e. The lowest BCUT2D eigenvalue weighted by molar-refractivity contribution is 0.0997. The molecular formula is C7H5N3O3. The van der Waals surface area contributed by atoms with Crippen LogP contribution < -0.4 is 0 Å². The van der Waals surface area contributed by atoms with E-state index in [0.29, 0.717) is 0 Å². The van der Waals surface area contributed by atoms with E-state index in [4.69, 9.17) is 15.7 Å². The van der Waals surface area contributed by atoms with Crippen molar-refractivity contribution in [1.29, 1.82) is 0 Å². The Morgan fingerprint density at radius 3 is 2.77 bits per heavy atom. The molecule has 0 aliphatic rings. The molecule has 0 aliphatic carbocycles. The summed E-state index contributed by atoms with van der Waals surface area (Å²) in [7, 11) is 0. The number of carbonyl (C=O) groups excluding carboxylic acids is 1. The highest BCUT2D eigenvalue weighted by molar-refractivity contribution is 5.98. The molecule has 0 radical (unpaired) electrons. The monoisotopic (exact) mass is 179 g/mol. The van der Waals surface area contributed by atoms with Gasteiger partial charge in [-0.05, 0) is 22.8 Å². The summed E-state index contributed by atoms with van der Waals surface area (Å²) in [6.07, 6.45) is 0. The van der Waals surface area contributed by atoms with Gasteiger partial charge in [-0.1, -0.05) is 6.07 Å². The lowest BCUT2D eigenvalue weighted by Crippen LogP contribution is -1.93. The molecule has 1 aromatic carbocycles. The van der Waals surface area contributed by atoms with E-state index in [2.05, 4.69) is 10.0 Å². The number of hydrogen-bond donors (Lipinski definition) is 2. The number of amides is 1. The molecule has 6 heteroatoms. The van der Waals surface area contributed by atoms with Crippen LogP contribution in [-0.4, -0.2) is 16.1 Å². The zero-order valence-corrected chi connectivity index (χ0v) is 6.38. The van der Waals surface area contributed by atoms with Crippen molar-refractivity contribution in [2.24, 2.45) is 5.11 Å². The van der Waals surface area contributed by atoms with E-state index in [1.165, 1.54) is 18.2 Å². The molecule has 1 rings (SSSR count). The molecule has 0 atom stereocenters. The van der Waals surface area contributed by atoms with Crippen LogP contribution >= 0.6 is 0 Å². The van der Waals surface area contributed by atoms with Crippen LogP contribution in [-0.2, 0) is 0 Å². The van der Waals surface area contributed by atoms with Crippen LogP contribution in [0.5, 0.6) is 11.5 Å². The van der Waals surface area contributed by atoms with Crippen LogP contribution in [0.4, 0.5) is 0 Å². The predicted octanol–water partition coefficient (Wildman–Crippen LogP) is 1.55. The number of phenols is 2. The number of para-hydroxylation sites is 1. The molecule has 13 heavy (non-hydrogen) atoms. The van der Waals surface area contributed by atoms with E-state index in [9.17, 15) is 4.79 Å². The predicted molar refractivity (Wildman–Crippen MR) is 43.2 cm³/mol. The lowest BCUT2D eigenvalue weighted by Gasteiger charge is -2.00. The van der Waals surface area contributed by atoms with Crippen molar-refractivity contribution in [3.05, 3.63) is 34.2 Å². The number of rotatable bonds is 1. The van der Waals surface area contributed by atoms with E-state index < -0.39 is 17.4 Å². The van der Waals surface area contributed by atoms with Gasteiger partial charge in [-0.15, -0.1) is 0 Å². The van der Waals surface area contributed by atoms with Gasteiger partial charge < -0.3 is 10.2 Å². The molecule has 66 valence electrons. The number of azide groups is 1. The van der Waals surface area contributed by atoms with Gasteiger partial charge in [0.25, 0.3) is 5.91 Å². The summed E-state index contributed by atoms with van der Waals surface area (Å²) in [4.78, 5) is 13.2. The Bertz CT molecular complexity index is 396. The van der Waals surface area contributed by atoms with E-state index in [1.807, 2.05) is 0 Å². The van der Waals surface area contributed by atoms with Crippen LogP contribution in [0.25, 0.3) is 10.4 Å². The van der Waals surface area contributed by atoms with Crippen molar-refractivity contribution in [2.45, 2.75) is 0 Å². The minimum absolute atomic E-state index is 0.224. The number of benzene rings is 1. The van der Waals surface area contributed by atoms with Crippen LogP contribution in [0.15, 0.2) is 23.3 Å². The molecule has 2 N–H and O–H groups in total. The molecule has 0 bridgehead atoms. The standard InChI is InChI=1S/C7H5N3O3/c8-10-9-7(13)4-2-1-3-5(11)6(4)12/h1-3,11-12H. The maximum atomic E-state index is 10.9. The summed E-state index contributed by atoms with van der Waals surface area (Å²) in [5.41, 5.74) is 7.73. The highest BCUT2D eigenvalue weighted by atomic mass is 16.3. The fourth-order valence-corrected chi connectivity index (χ4v) is 0.798. The highest BCUT2D eigenvalue weighted by Crippen LogP contribution is 2.28. The second-order valence-electron chi connectivity index (χ2n) is 2.17. The molecule has 0 spiro atoms. The van der Waals surface area contributed by atoms with Gasteiger partial charge in [-0.2, -0.15) is 0 Å². The highest BCUT2D eigenvalue weighted by Gasteiger charge is 2.11. The van der Waals surface area contributed by atoms with Crippen molar-refractivity contribution in [3.8, 4) is 11.5 Å². The summed E-state index contributed by atoms with van der Waals surface area (Å²) in [5.74, 6) is -1.95. The van der Waals surface area contributed by atoms with Crippen molar-refractivity contribution >= 4 is 5.91 Å². The molecule has 0 heterocycles. The van der Waals surface area contributed by atoms with Gasteiger partial charge in [-0.3, -0.25) is 4.79 Å². The first kappa shape index (κ1) is 8.89. The fourth-order valence-electron chi connectivity index (χ4n) is 0.798. The average Bonchev–Trinajstić information content (AvgIpc) is 2.10. The van der Waals surface area contributed by atoms with Gasteiger partial charge in [0.05, 0.1) is 5.56 Å². The largest absolute Gasteiger partial charge is 0.504 e. The molecular weight excluding hydrogens is 174 g/mol. The van der Waals surface area contributed by atoms with Gasteiger partial charge in [0, 0.05) is 4.91 Å². The van der Waals surface area contributed by atoms with Crippen LogP contribution in [0, 0.1) is 0 Å². The van der Waals surface area contributed by atoms with Crippen molar-refractivity contribution in [2.75, 3.05) is 0 Å².